The Morgan fingerprint density at radius 1 is 1.21 bits per heavy atom. The van der Waals surface area contributed by atoms with E-state index in [1.54, 1.807) is 0 Å². The number of fused-ring (bicyclic) bond motifs is 2. The molecule has 0 radical (unpaired) electrons. The highest BCUT2D eigenvalue weighted by molar-refractivity contribution is 5.79. The monoisotopic (exact) mass is 385 g/mol. The Hall–Kier alpha value is -1.66. The summed E-state index contributed by atoms with van der Waals surface area (Å²) in [6.07, 6.45) is 7.52. The molecular weight excluding hydrogens is 350 g/mol. The predicted molar refractivity (Wildman–Crippen MR) is 112 cm³/mol. The number of aromatic nitrogens is 1. The first-order chi connectivity index (χ1) is 13.6. The van der Waals surface area contributed by atoms with Gasteiger partial charge < -0.3 is 16.0 Å². The van der Waals surface area contributed by atoms with Crippen LogP contribution >= 0.6 is 0 Å². The van der Waals surface area contributed by atoms with E-state index in [4.69, 9.17) is 5.73 Å². The number of pyridine rings is 1. The first kappa shape index (κ1) is 19.6. The molecule has 154 valence electrons. The zero-order valence-electron chi connectivity index (χ0n) is 17.1. The number of piperazine rings is 1. The number of amides is 1. The van der Waals surface area contributed by atoms with E-state index >= 15 is 0 Å². The van der Waals surface area contributed by atoms with E-state index in [2.05, 4.69) is 33.1 Å². The third-order valence-electron chi connectivity index (χ3n) is 7.05. The number of carbonyl (C=O) groups excluding carboxylic acids is 1. The van der Waals surface area contributed by atoms with Gasteiger partial charge in [0, 0.05) is 56.9 Å². The molecule has 4 rings (SSSR count). The average Bonchev–Trinajstić information content (AvgIpc) is 2.69. The SMILES string of the molecule is CC(CN1CCN(c2ccccn2)CC1)NC(=O)C1CC2CCCC(C1)C2N. The van der Waals surface area contributed by atoms with Crippen molar-refractivity contribution in [3.63, 3.8) is 0 Å². The van der Waals surface area contributed by atoms with Crippen molar-refractivity contribution in [3.8, 4) is 0 Å². The quantitative estimate of drug-likeness (QED) is 0.809. The molecule has 3 unspecified atom stereocenters. The van der Waals surface area contributed by atoms with Crippen LogP contribution in [0.5, 0.6) is 0 Å². The number of nitrogens with zero attached hydrogens (tertiary/aromatic N) is 3. The Morgan fingerprint density at radius 2 is 1.93 bits per heavy atom. The lowest BCUT2D eigenvalue weighted by Crippen LogP contribution is -2.53. The highest BCUT2D eigenvalue weighted by Crippen LogP contribution is 2.41. The van der Waals surface area contributed by atoms with Crippen molar-refractivity contribution in [1.82, 2.24) is 15.2 Å². The summed E-state index contributed by atoms with van der Waals surface area (Å²) in [5, 5.41) is 3.30. The standard InChI is InChI=1S/C22H35N5O/c1-16(15-26-9-11-27(12-10-26)20-7-2-3-8-24-20)25-22(28)19-13-17-5-4-6-18(14-19)21(17)23/h2-3,7-8,16-19,21H,4-6,9-15,23H2,1H3,(H,25,28). The summed E-state index contributed by atoms with van der Waals surface area (Å²) in [5.41, 5.74) is 6.38. The summed E-state index contributed by atoms with van der Waals surface area (Å²) in [6, 6.07) is 6.58. The highest BCUT2D eigenvalue weighted by atomic mass is 16.1. The molecule has 0 spiro atoms. The van der Waals surface area contributed by atoms with Crippen LogP contribution in [0.4, 0.5) is 5.82 Å². The second-order valence-corrected chi connectivity index (χ2v) is 9.08. The molecule has 3 N–H and O–H groups in total. The van der Waals surface area contributed by atoms with Crippen LogP contribution in [0.2, 0.25) is 0 Å². The van der Waals surface area contributed by atoms with Gasteiger partial charge in [0.05, 0.1) is 0 Å². The van der Waals surface area contributed by atoms with E-state index < -0.39 is 0 Å². The summed E-state index contributed by atoms with van der Waals surface area (Å²) < 4.78 is 0. The van der Waals surface area contributed by atoms with Gasteiger partial charge in [-0.1, -0.05) is 12.5 Å². The zero-order valence-corrected chi connectivity index (χ0v) is 17.1. The minimum Gasteiger partial charge on any atom is -0.354 e. The second kappa shape index (κ2) is 8.78. The highest BCUT2D eigenvalue weighted by Gasteiger charge is 2.40. The number of anilines is 1. The fraction of sp³-hybridized carbons (Fsp3) is 0.727. The van der Waals surface area contributed by atoms with E-state index in [0.29, 0.717) is 17.9 Å². The molecule has 6 heteroatoms. The van der Waals surface area contributed by atoms with E-state index in [9.17, 15) is 4.79 Å². The minimum absolute atomic E-state index is 0.165. The van der Waals surface area contributed by atoms with Crippen LogP contribution in [0.15, 0.2) is 24.4 Å². The fourth-order valence-electron chi connectivity index (χ4n) is 5.50. The Morgan fingerprint density at radius 3 is 2.57 bits per heavy atom. The lowest BCUT2D eigenvalue weighted by molar-refractivity contribution is -0.128. The summed E-state index contributed by atoms with van der Waals surface area (Å²) in [6.45, 7) is 7.06. The summed E-state index contributed by atoms with van der Waals surface area (Å²) in [5.74, 6) is 2.59. The van der Waals surface area contributed by atoms with Gasteiger partial charge in [-0.05, 0) is 56.6 Å². The molecule has 28 heavy (non-hydrogen) atoms. The molecule has 0 aromatic carbocycles. The van der Waals surface area contributed by atoms with Gasteiger partial charge in [0.25, 0.3) is 0 Å². The van der Waals surface area contributed by atoms with Gasteiger partial charge in [0.1, 0.15) is 5.82 Å². The van der Waals surface area contributed by atoms with Gasteiger partial charge in [0.15, 0.2) is 0 Å². The molecule has 2 heterocycles. The molecule has 2 aliphatic carbocycles. The Bertz CT molecular complexity index is 632. The number of nitrogens with one attached hydrogen (secondary N) is 1. The molecule has 3 atom stereocenters. The van der Waals surface area contributed by atoms with Gasteiger partial charge in [-0.2, -0.15) is 0 Å². The van der Waals surface area contributed by atoms with E-state index in [-0.39, 0.29) is 17.9 Å². The van der Waals surface area contributed by atoms with Crippen molar-refractivity contribution < 1.29 is 4.79 Å². The Labute approximate surface area is 168 Å². The van der Waals surface area contributed by atoms with Gasteiger partial charge in [0.2, 0.25) is 5.91 Å². The van der Waals surface area contributed by atoms with Gasteiger partial charge in [-0.15, -0.1) is 0 Å². The average molecular weight is 386 g/mol. The van der Waals surface area contributed by atoms with Crippen LogP contribution in [-0.4, -0.2) is 60.6 Å². The van der Waals surface area contributed by atoms with Gasteiger partial charge in [-0.25, -0.2) is 4.98 Å². The summed E-state index contributed by atoms with van der Waals surface area (Å²) in [7, 11) is 0. The van der Waals surface area contributed by atoms with Gasteiger partial charge >= 0.3 is 0 Å². The van der Waals surface area contributed by atoms with Crippen LogP contribution in [0.3, 0.4) is 0 Å². The van der Waals surface area contributed by atoms with Crippen LogP contribution in [0.1, 0.15) is 39.0 Å². The van der Waals surface area contributed by atoms with E-state index in [0.717, 1.165) is 51.4 Å². The third-order valence-corrected chi connectivity index (χ3v) is 7.05. The van der Waals surface area contributed by atoms with Crippen LogP contribution < -0.4 is 16.0 Å². The van der Waals surface area contributed by atoms with Crippen molar-refractivity contribution >= 4 is 11.7 Å². The maximum absolute atomic E-state index is 12.8. The van der Waals surface area contributed by atoms with Crippen molar-refractivity contribution in [2.24, 2.45) is 23.5 Å². The molecule has 1 amide bonds. The normalized spacial score (nSPS) is 32.0. The largest absolute Gasteiger partial charge is 0.354 e. The first-order valence-corrected chi connectivity index (χ1v) is 11.0. The van der Waals surface area contributed by atoms with E-state index in [1.807, 2.05) is 18.3 Å². The second-order valence-electron chi connectivity index (χ2n) is 9.08. The molecule has 3 fully saturated rings. The number of carbonyl (C=O) groups is 1. The van der Waals surface area contributed by atoms with Crippen molar-refractivity contribution in [3.05, 3.63) is 24.4 Å². The molecule has 2 bridgehead atoms. The lowest BCUT2D eigenvalue weighted by atomic mass is 9.65. The minimum atomic E-state index is 0.165. The van der Waals surface area contributed by atoms with Crippen molar-refractivity contribution in [1.29, 1.82) is 0 Å². The molecular formula is C22H35N5O. The maximum Gasteiger partial charge on any atom is 0.223 e. The molecule has 1 saturated heterocycles. The lowest BCUT2D eigenvalue weighted by Gasteiger charge is -2.43. The number of rotatable bonds is 5. The number of hydrogen-bond acceptors (Lipinski definition) is 5. The molecule has 6 nitrogen and oxygen atoms in total. The zero-order chi connectivity index (χ0) is 19.5. The van der Waals surface area contributed by atoms with Crippen LogP contribution in [-0.2, 0) is 4.79 Å². The molecule has 1 aliphatic heterocycles. The fourth-order valence-corrected chi connectivity index (χ4v) is 5.50. The van der Waals surface area contributed by atoms with Crippen LogP contribution in [0.25, 0.3) is 0 Å². The van der Waals surface area contributed by atoms with E-state index in [1.165, 1.54) is 19.3 Å². The molecule has 1 aromatic rings. The predicted octanol–water partition coefficient (Wildman–Crippen LogP) is 1.86. The molecule has 1 aromatic heterocycles. The summed E-state index contributed by atoms with van der Waals surface area (Å²) >= 11 is 0. The number of nitrogens with two attached hydrogens (primary N) is 1. The van der Waals surface area contributed by atoms with Crippen molar-refractivity contribution in [2.75, 3.05) is 37.6 Å². The first-order valence-electron chi connectivity index (χ1n) is 11.0. The summed E-state index contributed by atoms with van der Waals surface area (Å²) in [4.78, 5) is 22.1. The molecule has 3 aliphatic rings. The Kier molecular flexibility index (Phi) is 6.16. The third kappa shape index (κ3) is 4.49. The maximum atomic E-state index is 12.8. The van der Waals surface area contributed by atoms with Crippen molar-refractivity contribution in [2.45, 2.75) is 51.1 Å². The van der Waals surface area contributed by atoms with Crippen LogP contribution in [0, 0.1) is 17.8 Å². The smallest absolute Gasteiger partial charge is 0.223 e. The topological polar surface area (TPSA) is 74.5 Å². The Balaban J connectivity index is 1.22. The number of hydrogen-bond donors (Lipinski definition) is 2. The van der Waals surface area contributed by atoms with Gasteiger partial charge in [-0.3, -0.25) is 9.69 Å². The molecule has 2 saturated carbocycles.